The Kier molecular flexibility index (Phi) is 11.6. The third kappa shape index (κ3) is 9.02. The van der Waals surface area contributed by atoms with Gasteiger partial charge < -0.3 is 20.3 Å². The number of nitrogens with one attached hydrogen (secondary N) is 2. The lowest BCUT2D eigenvalue weighted by atomic mass is 9.87. The van der Waals surface area contributed by atoms with Gasteiger partial charge in [-0.05, 0) is 84.3 Å². The van der Waals surface area contributed by atoms with Crippen molar-refractivity contribution in [3.63, 3.8) is 0 Å². The smallest absolute Gasteiger partial charge is 0.408 e. The number of rotatable bonds is 12. The van der Waals surface area contributed by atoms with Gasteiger partial charge in [0.25, 0.3) is 0 Å². The third-order valence-corrected chi connectivity index (χ3v) is 7.00. The first-order valence-corrected chi connectivity index (χ1v) is 14.5. The summed E-state index contributed by atoms with van der Waals surface area (Å²) in [5.41, 5.74) is 1.19. The number of amides is 3. The molecule has 0 spiro atoms. The van der Waals surface area contributed by atoms with E-state index in [4.69, 9.17) is 4.74 Å². The summed E-state index contributed by atoms with van der Waals surface area (Å²) >= 11 is 1.61. The number of carbonyl (C=O) groups excluding carboxylic acids is 3. The van der Waals surface area contributed by atoms with E-state index >= 15 is 0 Å². The van der Waals surface area contributed by atoms with E-state index < -0.39 is 23.8 Å². The topological polar surface area (TPSA) is 87.7 Å². The number of nitrogens with zero attached hydrogens (tertiary/aromatic N) is 1. The van der Waals surface area contributed by atoms with Crippen LogP contribution in [-0.2, 0) is 14.3 Å². The quantitative estimate of drug-likeness (QED) is 0.388. The average molecular weight is 520 g/mol. The lowest BCUT2D eigenvalue weighted by Gasteiger charge is -2.44. The molecule has 0 aliphatic heterocycles. The second-order valence-electron chi connectivity index (χ2n) is 10.8. The van der Waals surface area contributed by atoms with Gasteiger partial charge in [-0.2, -0.15) is 11.8 Å². The van der Waals surface area contributed by atoms with Crippen molar-refractivity contribution in [1.82, 2.24) is 15.5 Å². The summed E-state index contributed by atoms with van der Waals surface area (Å²) in [5, 5.41) is 5.95. The van der Waals surface area contributed by atoms with Crippen LogP contribution in [0.4, 0.5) is 4.79 Å². The fraction of sp³-hybridized carbons (Fsp3) is 0.679. The fourth-order valence-electron chi connectivity index (χ4n) is 4.32. The second kappa shape index (κ2) is 13.9. The van der Waals surface area contributed by atoms with Gasteiger partial charge in [-0.25, -0.2) is 4.79 Å². The van der Waals surface area contributed by atoms with Crippen molar-refractivity contribution in [1.29, 1.82) is 0 Å². The first-order valence-electron chi connectivity index (χ1n) is 13.1. The Balaban J connectivity index is 2.44. The van der Waals surface area contributed by atoms with Crippen molar-refractivity contribution < 1.29 is 19.1 Å². The molecule has 1 aromatic carbocycles. The summed E-state index contributed by atoms with van der Waals surface area (Å²) < 4.78 is 5.46. The highest BCUT2D eigenvalue weighted by atomic mass is 32.2. The summed E-state index contributed by atoms with van der Waals surface area (Å²) in [6, 6.07) is 6.22. The summed E-state index contributed by atoms with van der Waals surface area (Å²) in [4.78, 5) is 42.3. The van der Waals surface area contributed by atoms with Gasteiger partial charge in [-0.15, -0.1) is 0 Å². The average Bonchev–Trinajstić information content (AvgIpc) is 2.74. The Morgan fingerprint density at radius 1 is 1.11 bits per heavy atom. The van der Waals surface area contributed by atoms with Crippen LogP contribution in [0.3, 0.4) is 0 Å². The van der Waals surface area contributed by atoms with E-state index in [0.29, 0.717) is 12.2 Å². The van der Waals surface area contributed by atoms with E-state index in [2.05, 4.69) is 17.6 Å². The van der Waals surface area contributed by atoms with E-state index in [0.717, 1.165) is 43.2 Å². The van der Waals surface area contributed by atoms with Crippen molar-refractivity contribution in [3.05, 3.63) is 35.4 Å². The molecule has 3 atom stereocenters. The Morgan fingerprint density at radius 2 is 1.75 bits per heavy atom. The zero-order chi connectivity index (χ0) is 26.9. The molecule has 2 N–H and O–H groups in total. The molecule has 0 heterocycles. The SMILES string of the molecule is CCCC(C)NC(=O)C(c1ccc(C)cc1)N(C(=O)C(CCSC)NC(=O)OC(C)(C)C)C1CCC1. The van der Waals surface area contributed by atoms with E-state index in [1.54, 1.807) is 37.4 Å². The van der Waals surface area contributed by atoms with Gasteiger partial charge >= 0.3 is 6.09 Å². The van der Waals surface area contributed by atoms with Crippen molar-refractivity contribution in [2.24, 2.45) is 0 Å². The number of hydrogen-bond donors (Lipinski definition) is 2. The molecule has 2 rings (SSSR count). The van der Waals surface area contributed by atoms with Crippen LogP contribution < -0.4 is 10.6 Å². The molecule has 8 heteroatoms. The zero-order valence-electron chi connectivity index (χ0n) is 23.1. The number of thioether (sulfide) groups is 1. The molecular formula is C28H45N3O4S. The normalized spacial score (nSPS) is 16.3. The molecule has 1 aliphatic rings. The number of benzene rings is 1. The molecule has 0 bridgehead atoms. The predicted molar refractivity (Wildman–Crippen MR) is 147 cm³/mol. The van der Waals surface area contributed by atoms with Gasteiger partial charge in [0.2, 0.25) is 11.8 Å². The van der Waals surface area contributed by atoms with Gasteiger partial charge in [0, 0.05) is 12.1 Å². The lowest BCUT2D eigenvalue weighted by molar-refractivity contribution is -0.147. The molecular weight excluding hydrogens is 474 g/mol. The summed E-state index contributed by atoms with van der Waals surface area (Å²) in [6.45, 7) is 11.5. The third-order valence-electron chi connectivity index (χ3n) is 6.35. The van der Waals surface area contributed by atoms with Crippen LogP contribution in [0.15, 0.2) is 24.3 Å². The molecule has 1 saturated carbocycles. The zero-order valence-corrected chi connectivity index (χ0v) is 23.9. The van der Waals surface area contributed by atoms with E-state index in [1.807, 2.05) is 44.4 Å². The van der Waals surface area contributed by atoms with Crippen molar-refractivity contribution in [2.75, 3.05) is 12.0 Å². The highest BCUT2D eigenvalue weighted by Gasteiger charge is 2.42. The van der Waals surface area contributed by atoms with Crippen LogP contribution in [-0.4, -0.2) is 58.5 Å². The summed E-state index contributed by atoms with van der Waals surface area (Å²) in [7, 11) is 0. The molecule has 202 valence electrons. The van der Waals surface area contributed by atoms with Crippen LogP contribution >= 0.6 is 11.8 Å². The van der Waals surface area contributed by atoms with Gasteiger partial charge in [-0.3, -0.25) is 9.59 Å². The minimum atomic E-state index is -0.776. The molecule has 3 unspecified atom stereocenters. The number of aryl methyl sites for hydroxylation is 1. The van der Waals surface area contributed by atoms with Crippen molar-refractivity contribution >= 4 is 29.7 Å². The van der Waals surface area contributed by atoms with Crippen molar-refractivity contribution in [2.45, 2.75) is 110 Å². The van der Waals surface area contributed by atoms with Gasteiger partial charge in [0.05, 0.1) is 0 Å². The van der Waals surface area contributed by atoms with Crippen molar-refractivity contribution in [3.8, 4) is 0 Å². The second-order valence-corrected chi connectivity index (χ2v) is 11.8. The maximum absolute atomic E-state index is 14.1. The Bertz CT molecular complexity index is 865. The predicted octanol–water partition coefficient (Wildman–Crippen LogP) is 5.37. The molecule has 0 radical (unpaired) electrons. The molecule has 0 aromatic heterocycles. The van der Waals surface area contributed by atoms with E-state index in [1.165, 1.54) is 0 Å². The monoisotopic (exact) mass is 519 g/mol. The maximum atomic E-state index is 14.1. The largest absolute Gasteiger partial charge is 0.444 e. The molecule has 0 saturated heterocycles. The number of hydrogen-bond acceptors (Lipinski definition) is 5. The first-order chi connectivity index (χ1) is 17.0. The van der Waals surface area contributed by atoms with E-state index in [-0.39, 0.29) is 23.9 Å². The first kappa shape index (κ1) is 30.0. The Morgan fingerprint density at radius 3 is 2.25 bits per heavy atom. The Hall–Kier alpha value is -2.22. The van der Waals surface area contributed by atoms with Crippen LogP contribution in [0, 0.1) is 6.92 Å². The highest BCUT2D eigenvalue weighted by molar-refractivity contribution is 7.98. The number of alkyl carbamates (subject to hydrolysis) is 1. The van der Waals surface area contributed by atoms with Crippen LogP contribution in [0.2, 0.25) is 0 Å². The fourth-order valence-corrected chi connectivity index (χ4v) is 4.79. The molecule has 1 aromatic rings. The standard InChI is InChI=1S/C28H45N3O4S/c1-8-10-20(3)29-25(32)24(21-15-13-19(2)14-16-21)31(22-11-9-12-22)26(33)23(17-18-36-7)30-27(34)35-28(4,5)6/h13-16,20,22-24H,8-12,17-18H2,1-7H3,(H,29,32)(H,30,34). The van der Waals surface area contributed by atoms with Crippen LogP contribution in [0.1, 0.15) is 90.3 Å². The lowest BCUT2D eigenvalue weighted by Crippen LogP contribution is -2.58. The van der Waals surface area contributed by atoms with Crippen LogP contribution in [0.25, 0.3) is 0 Å². The minimum Gasteiger partial charge on any atom is -0.444 e. The molecule has 1 fully saturated rings. The van der Waals surface area contributed by atoms with Gasteiger partial charge in [0.1, 0.15) is 17.7 Å². The summed E-state index contributed by atoms with van der Waals surface area (Å²) in [5.74, 6) is 0.282. The molecule has 3 amide bonds. The number of ether oxygens (including phenoxy) is 1. The number of carbonyl (C=O) groups is 3. The highest BCUT2D eigenvalue weighted by Crippen LogP contribution is 2.34. The van der Waals surface area contributed by atoms with Gasteiger partial charge in [-0.1, -0.05) is 43.2 Å². The Labute approximate surface area is 221 Å². The summed E-state index contributed by atoms with van der Waals surface area (Å²) in [6.07, 6.45) is 6.31. The molecule has 1 aliphatic carbocycles. The van der Waals surface area contributed by atoms with Gasteiger partial charge in [0.15, 0.2) is 0 Å². The minimum absolute atomic E-state index is 0.000896. The van der Waals surface area contributed by atoms with E-state index in [9.17, 15) is 14.4 Å². The molecule has 36 heavy (non-hydrogen) atoms. The maximum Gasteiger partial charge on any atom is 0.408 e. The van der Waals surface area contributed by atoms with Crippen LogP contribution in [0.5, 0.6) is 0 Å². The molecule has 7 nitrogen and oxygen atoms in total.